The highest BCUT2D eigenvalue weighted by Gasteiger charge is 2.28. The maximum Gasteiger partial charge on any atom is 0.310 e. The largest absolute Gasteiger partial charge is 0.486 e. The molecular formula is C25H26ClNO5S. The van der Waals surface area contributed by atoms with E-state index < -0.39 is 0 Å². The lowest BCUT2D eigenvalue weighted by Gasteiger charge is -2.30. The predicted molar refractivity (Wildman–Crippen MR) is 128 cm³/mol. The van der Waals surface area contributed by atoms with Gasteiger partial charge in [-0.3, -0.25) is 9.59 Å². The Balaban J connectivity index is 1.37. The van der Waals surface area contributed by atoms with Gasteiger partial charge in [-0.2, -0.15) is 0 Å². The van der Waals surface area contributed by atoms with E-state index in [1.165, 1.54) is 17.8 Å². The first-order valence-corrected chi connectivity index (χ1v) is 12.2. The van der Waals surface area contributed by atoms with Gasteiger partial charge >= 0.3 is 5.97 Å². The molecule has 2 aliphatic heterocycles. The van der Waals surface area contributed by atoms with Crippen LogP contribution >= 0.6 is 23.4 Å². The van der Waals surface area contributed by atoms with Crippen LogP contribution in [0, 0.1) is 5.92 Å². The highest BCUT2D eigenvalue weighted by atomic mass is 35.5. The number of amides is 1. The molecule has 2 heterocycles. The molecule has 8 heteroatoms. The van der Waals surface area contributed by atoms with Gasteiger partial charge in [0, 0.05) is 29.0 Å². The number of carbonyl (C=O) groups is 2. The number of piperidine rings is 1. The Kier molecular flexibility index (Phi) is 7.83. The van der Waals surface area contributed by atoms with Crippen LogP contribution in [0.2, 0.25) is 5.02 Å². The predicted octanol–water partition coefficient (Wildman–Crippen LogP) is 5.08. The van der Waals surface area contributed by atoms with E-state index in [1.807, 2.05) is 36.4 Å². The fourth-order valence-corrected chi connectivity index (χ4v) is 4.97. The first kappa shape index (κ1) is 23.5. The van der Waals surface area contributed by atoms with Gasteiger partial charge in [-0.15, -0.1) is 0 Å². The van der Waals surface area contributed by atoms with E-state index in [-0.39, 0.29) is 17.8 Å². The van der Waals surface area contributed by atoms with Crippen LogP contribution in [-0.4, -0.2) is 49.7 Å². The Morgan fingerprint density at radius 1 is 1.18 bits per heavy atom. The summed E-state index contributed by atoms with van der Waals surface area (Å²) in [4.78, 5) is 28.3. The number of nitrogens with zero attached hydrogens (tertiary/aromatic N) is 1. The molecule has 1 atom stereocenters. The molecule has 1 fully saturated rings. The molecule has 1 saturated heterocycles. The van der Waals surface area contributed by atoms with Gasteiger partial charge in [0.25, 0.3) is 0 Å². The number of hydrogen-bond donors (Lipinski definition) is 0. The third kappa shape index (κ3) is 6.03. The topological polar surface area (TPSA) is 65.1 Å². The van der Waals surface area contributed by atoms with E-state index in [1.54, 1.807) is 17.9 Å². The second-order valence-electron chi connectivity index (χ2n) is 7.81. The monoisotopic (exact) mass is 487 g/mol. The molecule has 1 unspecified atom stereocenters. The Labute approximate surface area is 202 Å². The number of rotatable bonds is 6. The van der Waals surface area contributed by atoms with Gasteiger partial charge in [0.1, 0.15) is 13.2 Å². The Hall–Kier alpha value is -2.64. The van der Waals surface area contributed by atoms with Gasteiger partial charge in [0.2, 0.25) is 5.91 Å². The molecule has 0 bridgehead atoms. The van der Waals surface area contributed by atoms with Crippen LogP contribution in [-0.2, 0) is 14.3 Å². The zero-order valence-electron chi connectivity index (χ0n) is 18.4. The van der Waals surface area contributed by atoms with Gasteiger partial charge in [0.05, 0.1) is 17.5 Å². The molecule has 2 aromatic rings. The van der Waals surface area contributed by atoms with Gasteiger partial charge in [-0.25, -0.2) is 0 Å². The molecule has 0 aliphatic carbocycles. The Morgan fingerprint density at radius 3 is 2.79 bits per heavy atom. The van der Waals surface area contributed by atoms with Crippen LogP contribution in [0.15, 0.2) is 52.3 Å². The highest BCUT2D eigenvalue weighted by molar-refractivity contribution is 7.99. The van der Waals surface area contributed by atoms with Gasteiger partial charge in [0.15, 0.2) is 11.5 Å². The van der Waals surface area contributed by atoms with Crippen LogP contribution in [0.1, 0.15) is 25.3 Å². The molecule has 0 radical (unpaired) electrons. The molecule has 2 aromatic carbocycles. The number of halogens is 1. The minimum Gasteiger partial charge on any atom is -0.486 e. The Bertz CT molecular complexity index is 1060. The maximum absolute atomic E-state index is 12.6. The van der Waals surface area contributed by atoms with Crippen molar-refractivity contribution in [3.8, 4) is 11.5 Å². The number of benzene rings is 2. The lowest BCUT2D eigenvalue weighted by Crippen LogP contribution is -2.42. The highest BCUT2D eigenvalue weighted by Crippen LogP contribution is 2.39. The van der Waals surface area contributed by atoms with Crippen molar-refractivity contribution in [1.82, 2.24) is 4.90 Å². The quantitative estimate of drug-likeness (QED) is 0.418. The van der Waals surface area contributed by atoms with E-state index in [4.69, 9.17) is 25.8 Å². The summed E-state index contributed by atoms with van der Waals surface area (Å²) in [6, 6.07) is 11.5. The van der Waals surface area contributed by atoms with Crippen molar-refractivity contribution in [3.63, 3.8) is 0 Å². The maximum atomic E-state index is 12.6. The van der Waals surface area contributed by atoms with Crippen molar-refractivity contribution in [2.45, 2.75) is 29.6 Å². The number of carbonyl (C=O) groups excluding carboxylic acids is 2. The molecule has 33 heavy (non-hydrogen) atoms. The lowest BCUT2D eigenvalue weighted by molar-refractivity contribution is -0.150. The van der Waals surface area contributed by atoms with Crippen molar-refractivity contribution in [2.75, 3.05) is 32.9 Å². The normalized spacial score (nSPS) is 17.8. The summed E-state index contributed by atoms with van der Waals surface area (Å²) in [6.45, 7) is 4.29. The Morgan fingerprint density at radius 2 is 2.00 bits per heavy atom. The zero-order valence-corrected chi connectivity index (χ0v) is 20.0. The second-order valence-corrected chi connectivity index (χ2v) is 9.33. The average molecular weight is 488 g/mol. The van der Waals surface area contributed by atoms with Crippen LogP contribution < -0.4 is 9.47 Å². The lowest BCUT2D eigenvalue weighted by atomic mass is 9.98. The summed E-state index contributed by atoms with van der Waals surface area (Å²) in [5.74, 6) is 0.904. The molecule has 174 valence electrons. The average Bonchev–Trinajstić information content (AvgIpc) is 2.84. The van der Waals surface area contributed by atoms with E-state index in [0.29, 0.717) is 37.9 Å². The minimum absolute atomic E-state index is 0.116. The molecule has 0 spiro atoms. The number of ether oxygens (including phenoxy) is 3. The van der Waals surface area contributed by atoms with Crippen LogP contribution in [0.3, 0.4) is 0 Å². The summed E-state index contributed by atoms with van der Waals surface area (Å²) in [5.41, 5.74) is 0.832. The summed E-state index contributed by atoms with van der Waals surface area (Å²) in [6.07, 6.45) is 4.83. The van der Waals surface area contributed by atoms with Gasteiger partial charge < -0.3 is 19.1 Å². The van der Waals surface area contributed by atoms with Crippen molar-refractivity contribution >= 4 is 41.3 Å². The third-order valence-corrected chi connectivity index (χ3v) is 6.96. The van der Waals surface area contributed by atoms with Crippen molar-refractivity contribution in [1.29, 1.82) is 0 Å². The van der Waals surface area contributed by atoms with E-state index in [9.17, 15) is 9.59 Å². The smallest absolute Gasteiger partial charge is 0.310 e. The summed E-state index contributed by atoms with van der Waals surface area (Å²) in [7, 11) is 0. The van der Waals surface area contributed by atoms with Gasteiger partial charge in [-0.05, 0) is 61.7 Å². The SMILES string of the molecule is CCOC(=O)C1CCCN(C(=O)/C=C/c2ccc(Sc3ccc4c(c3)OCCO4)c(Cl)c2)C1. The molecule has 0 aromatic heterocycles. The van der Waals surface area contributed by atoms with Crippen molar-refractivity contribution < 1.29 is 23.8 Å². The summed E-state index contributed by atoms with van der Waals surface area (Å²) < 4.78 is 16.3. The van der Waals surface area contributed by atoms with E-state index >= 15 is 0 Å². The molecular weight excluding hydrogens is 462 g/mol. The van der Waals surface area contributed by atoms with Crippen LogP contribution in [0.5, 0.6) is 11.5 Å². The minimum atomic E-state index is -0.248. The molecule has 4 rings (SSSR count). The number of fused-ring (bicyclic) bond motifs is 1. The molecule has 1 amide bonds. The van der Waals surface area contributed by atoms with Crippen LogP contribution in [0.4, 0.5) is 0 Å². The standard InChI is InChI=1S/C25H26ClNO5S/c1-2-30-25(29)18-4-3-11-27(16-18)24(28)10-6-17-5-9-23(20(26)14-17)33-19-7-8-21-22(15-19)32-13-12-31-21/h5-10,14-15,18H,2-4,11-13,16H2,1H3/b10-6+. The third-order valence-electron chi connectivity index (χ3n) is 5.47. The van der Waals surface area contributed by atoms with Crippen molar-refractivity contribution in [3.05, 3.63) is 53.1 Å². The van der Waals surface area contributed by atoms with Crippen molar-refractivity contribution in [2.24, 2.45) is 5.92 Å². The second kappa shape index (κ2) is 11.0. The number of esters is 1. The number of hydrogen-bond acceptors (Lipinski definition) is 6. The summed E-state index contributed by atoms with van der Waals surface area (Å²) >= 11 is 8.05. The fourth-order valence-electron chi connectivity index (χ4n) is 3.82. The first-order valence-electron chi connectivity index (χ1n) is 11.0. The molecule has 0 saturated carbocycles. The number of likely N-dealkylation sites (tertiary alicyclic amines) is 1. The molecule has 2 aliphatic rings. The van der Waals surface area contributed by atoms with Crippen LogP contribution in [0.25, 0.3) is 6.08 Å². The van der Waals surface area contributed by atoms with E-state index in [0.717, 1.165) is 39.7 Å². The molecule has 0 N–H and O–H groups in total. The van der Waals surface area contributed by atoms with Gasteiger partial charge in [-0.1, -0.05) is 29.4 Å². The fraction of sp³-hybridized carbons (Fsp3) is 0.360. The summed E-state index contributed by atoms with van der Waals surface area (Å²) in [5, 5.41) is 0.602. The first-order chi connectivity index (χ1) is 16.0. The van der Waals surface area contributed by atoms with E-state index in [2.05, 4.69) is 0 Å². The zero-order chi connectivity index (χ0) is 23.2. The molecule has 6 nitrogen and oxygen atoms in total.